The number of aromatic nitrogens is 4. The molecular formula is C17H20ClN5O2. The van der Waals surface area contributed by atoms with Gasteiger partial charge in [0.25, 0.3) is 5.91 Å². The Morgan fingerprint density at radius 1 is 1.36 bits per heavy atom. The van der Waals surface area contributed by atoms with Crippen LogP contribution in [0.3, 0.4) is 0 Å². The van der Waals surface area contributed by atoms with Crippen LogP contribution in [-0.4, -0.2) is 32.0 Å². The van der Waals surface area contributed by atoms with Gasteiger partial charge in [0.2, 0.25) is 0 Å². The Kier molecular flexibility index (Phi) is 5.23. The highest BCUT2D eigenvalue weighted by atomic mass is 35.5. The molecule has 3 heterocycles. The van der Waals surface area contributed by atoms with Crippen LogP contribution < -0.4 is 5.32 Å². The van der Waals surface area contributed by atoms with Crippen molar-refractivity contribution in [3.63, 3.8) is 0 Å². The second-order valence-electron chi connectivity index (χ2n) is 5.79. The highest BCUT2D eigenvalue weighted by Crippen LogP contribution is 2.20. The third-order valence-corrected chi connectivity index (χ3v) is 4.44. The topological polar surface area (TPSA) is 77.9 Å². The smallest absolute Gasteiger partial charge is 0.286 e. The van der Waals surface area contributed by atoms with Crippen LogP contribution in [0.1, 0.15) is 34.1 Å². The molecule has 3 rings (SSSR count). The summed E-state index contributed by atoms with van der Waals surface area (Å²) in [5.41, 5.74) is 1.65. The summed E-state index contributed by atoms with van der Waals surface area (Å²) in [6.07, 6.45) is 4.43. The molecule has 0 bridgehead atoms. The molecule has 0 atom stereocenters. The van der Waals surface area contributed by atoms with Gasteiger partial charge in [0.15, 0.2) is 5.76 Å². The lowest BCUT2D eigenvalue weighted by atomic mass is 10.3. The standard InChI is InChI=1S/C17H20ClN5O2/c1-12-16(18)13(2)23(21-12)11-14-5-6-15(25-14)17(24)19-7-3-9-22-10-4-8-20-22/h4-6,8,10H,3,7,9,11H2,1-2H3,(H,19,24). The number of halogens is 1. The van der Waals surface area contributed by atoms with Crippen LogP contribution in [0.5, 0.6) is 0 Å². The summed E-state index contributed by atoms with van der Waals surface area (Å²) in [7, 11) is 0. The van der Waals surface area contributed by atoms with Gasteiger partial charge in [-0.25, -0.2) is 0 Å². The molecule has 132 valence electrons. The van der Waals surface area contributed by atoms with E-state index in [-0.39, 0.29) is 5.91 Å². The molecule has 0 saturated heterocycles. The summed E-state index contributed by atoms with van der Waals surface area (Å²) >= 11 is 6.14. The van der Waals surface area contributed by atoms with Crippen LogP contribution in [-0.2, 0) is 13.1 Å². The van der Waals surface area contributed by atoms with E-state index in [1.165, 1.54) is 0 Å². The lowest BCUT2D eigenvalue weighted by Gasteiger charge is -2.04. The SMILES string of the molecule is Cc1nn(Cc2ccc(C(=O)NCCCn3cccn3)o2)c(C)c1Cl. The van der Waals surface area contributed by atoms with Gasteiger partial charge >= 0.3 is 0 Å². The molecule has 0 aromatic carbocycles. The monoisotopic (exact) mass is 361 g/mol. The van der Waals surface area contributed by atoms with Crippen molar-refractivity contribution in [3.8, 4) is 0 Å². The highest BCUT2D eigenvalue weighted by Gasteiger charge is 2.14. The number of hydrogen-bond acceptors (Lipinski definition) is 4. The fourth-order valence-electron chi connectivity index (χ4n) is 2.52. The molecule has 1 amide bonds. The molecular weight excluding hydrogens is 342 g/mol. The third-order valence-electron chi connectivity index (χ3n) is 3.89. The van der Waals surface area contributed by atoms with Crippen LogP contribution >= 0.6 is 11.6 Å². The van der Waals surface area contributed by atoms with Crippen molar-refractivity contribution in [1.82, 2.24) is 24.9 Å². The average Bonchev–Trinajstić information content (AvgIpc) is 3.32. The minimum Gasteiger partial charge on any atom is -0.454 e. The zero-order valence-electron chi connectivity index (χ0n) is 14.2. The fourth-order valence-corrected chi connectivity index (χ4v) is 2.66. The van der Waals surface area contributed by atoms with E-state index in [9.17, 15) is 4.79 Å². The summed E-state index contributed by atoms with van der Waals surface area (Å²) < 4.78 is 9.22. The van der Waals surface area contributed by atoms with Crippen molar-refractivity contribution in [1.29, 1.82) is 0 Å². The van der Waals surface area contributed by atoms with Crippen LogP contribution in [0.25, 0.3) is 0 Å². The van der Waals surface area contributed by atoms with Crippen molar-refractivity contribution in [3.05, 3.63) is 58.5 Å². The molecule has 3 aromatic heterocycles. The maximum Gasteiger partial charge on any atom is 0.286 e. The van der Waals surface area contributed by atoms with Gasteiger partial charge in [-0.05, 0) is 38.5 Å². The van der Waals surface area contributed by atoms with E-state index in [0.29, 0.717) is 29.6 Å². The molecule has 0 unspecified atom stereocenters. The van der Waals surface area contributed by atoms with E-state index in [1.54, 1.807) is 23.0 Å². The number of furan rings is 1. The Balaban J connectivity index is 1.51. The van der Waals surface area contributed by atoms with Gasteiger partial charge < -0.3 is 9.73 Å². The largest absolute Gasteiger partial charge is 0.454 e. The van der Waals surface area contributed by atoms with Crippen molar-refractivity contribution >= 4 is 17.5 Å². The molecule has 0 fully saturated rings. The highest BCUT2D eigenvalue weighted by molar-refractivity contribution is 6.31. The Bertz CT molecular complexity index is 851. The molecule has 0 saturated carbocycles. The van der Waals surface area contributed by atoms with Crippen LogP contribution in [0.2, 0.25) is 5.02 Å². The van der Waals surface area contributed by atoms with Gasteiger partial charge in [0.05, 0.1) is 23.0 Å². The van der Waals surface area contributed by atoms with Crippen molar-refractivity contribution in [2.45, 2.75) is 33.4 Å². The summed E-state index contributed by atoms with van der Waals surface area (Å²) in [6.45, 7) is 5.51. The second-order valence-corrected chi connectivity index (χ2v) is 6.16. The average molecular weight is 362 g/mol. The Labute approximate surface area is 150 Å². The number of carbonyl (C=O) groups excluding carboxylic acids is 1. The number of aryl methyl sites for hydroxylation is 2. The predicted octanol–water partition coefficient (Wildman–Crippen LogP) is 2.81. The van der Waals surface area contributed by atoms with Crippen molar-refractivity contribution < 1.29 is 9.21 Å². The molecule has 0 aliphatic rings. The maximum atomic E-state index is 12.1. The first-order valence-corrected chi connectivity index (χ1v) is 8.46. The van der Waals surface area contributed by atoms with E-state index >= 15 is 0 Å². The zero-order valence-corrected chi connectivity index (χ0v) is 15.0. The van der Waals surface area contributed by atoms with E-state index in [2.05, 4.69) is 15.5 Å². The van der Waals surface area contributed by atoms with Gasteiger partial charge in [-0.2, -0.15) is 10.2 Å². The second kappa shape index (κ2) is 7.57. The van der Waals surface area contributed by atoms with Gasteiger partial charge in [0.1, 0.15) is 5.76 Å². The lowest BCUT2D eigenvalue weighted by Crippen LogP contribution is -2.24. The van der Waals surface area contributed by atoms with Crippen LogP contribution in [0.15, 0.2) is 35.0 Å². The van der Waals surface area contributed by atoms with E-state index in [4.69, 9.17) is 16.0 Å². The molecule has 8 heteroatoms. The zero-order chi connectivity index (χ0) is 17.8. The number of hydrogen-bond donors (Lipinski definition) is 1. The number of nitrogens with one attached hydrogen (secondary N) is 1. The Morgan fingerprint density at radius 2 is 2.20 bits per heavy atom. The quantitative estimate of drug-likeness (QED) is 0.656. The summed E-state index contributed by atoms with van der Waals surface area (Å²) in [6, 6.07) is 5.33. The fraction of sp³-hybridized carbons (Fsp3) is 0.353. The van der Waals surface area contributed by atoms with Crippen LogP contribution in [0, 0.1) is 13.8 Å². The molecule has 0 spiro atoms. The van der Waals surface area contributed by atoms with Crippen LogP contribution in [0.4, 0.5) is 0 Å². The molecule has 0 aliphatic heterocycles. The summed E-state index contributed by atoms with van der Waals surface area (Å²) in [4.78, 5) is 12.1. The van der Waals surface area contributed by atoms with Gasteiger partial charge in [0, 0.05) is 25.5 Å². The van der Waals surface area contributed by atoms with Gasteiger partial charge in [-0.3, -0.25) is 14.2 Å². The Morgan fingerprint density at radius 3 is 2.88 bits per heavy atom. The molecule has 0 radical (unpaired) electrons. The summed E-state index contributed by atoms with van der Waals surface area (Å²) in [5, 5.41) is 12.0. The van der Waals surface area contributed by atoms with E-state index < -0.39 is 0 Å². The first kappa shape index (κ1) is 17.3. The normalized spacial score (nSPS) is 11.0. The van der Waals surface area contributed by atoms with Crippen molar-refractivity contribution in [2.24, 2.45) is 0 Å². The predicted molar refractivity (Wildman–Crippen MR) is 93.7 cm³/mol. The molecule has 25 heavy (non-hydrogen) atoms. The number of rotatable bonds is 7. The Hall–Kier alpha value is -2.54. The molecule has 7 nitrogen and oxygen atoms in total. The lowest BCUT2D eigenvalue weighted by molar-refractivity contribution is 0.0923. The maximum absolute atomic E-state index is 12.1. The number of amides is 1. The van der Waals surface area contributed by atoms with Gasteiger partial charge in [-0.15, -0.1) is 0 Å². The molecule has 1 N–H and O–H groups in total. The van der Waals surface area contributed by atoms with E-state index in [1.807, 2.05) is 30.8 Å². The number of nitrogens with zero attached hydrogens (tertiary/aromatic N) is 4. The minimum absolute atomic E-state index is 0.224. The molecule has 0 aliphatic carbocycles. The van der Waals surface area contributed by atoms with E-state index in [0.717, 1.165) is 24.4 Å². The first-order valence-electron chi connectivity index (χ1n) is 8.08. The van der Waals surface area contributed by atoms with Crippen molar-refractivity contribution in [2.75, 3.05) is 6.54 Å². The molecule has 3 aromatic rings. The van der Waals surface area contributed by atoms with Gasteiger partial charge in [-0.1, -0.05) is 11.6 Å². The summed E-state index contributed by atoms with van der Waals surface area (Å²) in [5.74, 6) is 0.726. The number of carbonyl (C=O) groups is 1. The third kappa shape index (κ3) is 4.11. The minimum atomic E-state index is -0.224. The first-order chi connectivity index (χ1) is 12.0.